The van der Waals surface area contributed by atoms with Crippen LogP contribution >= 0.6 is 23.2 Å². The van der Waals surface area contributed by atoms with Crippen molar-refractivity contribution in [3.05, 3.63) is 87.9 Å². The molecule has 0 spiro atoms. The number of halogens is 2. The van der Waals surface area contributed by atoms with Crippen LogP contribution in [0.2, 0.25) is 10.0 Å². The van der Waals surface area contributed by atoms with Crippen molar-refractivity contribution < 1.29 is 19.0 Å². The van der Waals surface area contributed by atoms with Gasteiger partial charge in [-0.05, 0) is 67.1 Å². The predicted molar refractivity (Wildman–Crippen MR) is 129 cm³/mol. The Bertz CT molecular complexity index is 1080. The molecule has 0 aliphatic rings. The molecule has 3 aromatic rings. The predicted octanol–water partition coefficient (Wildman–Crippen LogP) is 6.63. The van der Waals surface area contributed by atoms with E-state index >= 15 is 0 Å². The summed E-state index contributed by atoms with van der Waals surface area (Å²) in [6.45, 7) is 2.71. The third kappa shape index (κ3) is 6.42. The van der Waals surface area contributed by atoms with E-state index in [1.165, 1.54) is 6.08 Å². The molecule has 0 unspecified atom stereocenters. The van der Waals surface area contributed by atoms with Crippen LogP contribution in [-0.2, 0) is 11.4 Å². The molecule has 0 saturated heterocycles. The van der Waals surface area contributed by atoms with Crippen LogP contribution in [-0.4, -0.2) is 19.6 Å². The lowest BCUT2D eigenvalue weighted by Crippen LogP contribution is -2.07. The van der Waals surface area contributed by atoms with Crippen LogP contribution in [0.3, 0.4) is 0 Å². The maximum atomic E-state index is 12.2. The third-order valence-corrected chi connectivity index (χ3v) is 5.19. The van der Waals surface area contributed by atoms with Gasteiger partial charge in [0.05, 0.1) is 13.7 Å². The Morgan fingerprint density at radius 1 is 0.969 bits per heavy atom. The zero-order chi connectivity index (χ0) is 22.9. The molecule has 0 aliphatic heterocycles. The normalized spacial score (nSPS) is 10.8. The summed E-state index contributed by atoms with van der Waals surface area (Å²) in [5.41, 5.74) is 2.17. The summed E-state index contributed by atoms with van der Waals surface area (Å²) in [4.78, 5) is 12.2. The van der Waals surface area contributed by atoms with Crippen molar-refractivity contribution in [2.75, 3.05) is 19.0 Å². The molecule has 3 aromatic carbocycles. The van der Waals surface area contributed by atoms with Crippen LogP contribution in [0.15, 0.2) is 66.7 Å². The Morgan fingerprint density at radius 2 is 1.69 bits per heavy atom. The molecule has 0 aromatic heterocycles. The second kappa shape index (κ2) is 11.5. The van der Waals surface area contributed by atoms with Gasteiger partial charge in [0.2, 0.25) is 5.91 Å². The largest absolute Gasteiger partial charge is 0.494 e. The average Bonchev–Trinajstić information content (AvgIpc) is 2.79. The van der Waals surface area contributed by atoms with Crippen molar-refractivity contribution in [2.24, 2.45) is 0 Å². The average molecular weight is 472 g/mol. The maximum Gasteiger partial charge on any atom is 0.248 e. The first-order chi connectivity index (χ1) is 15.5. The summed E-state index contributed by atoms with van der Waals surface area (Å²) in [5, 5.41) is 3.88. The van der Waals surface area contributed by atoms with Crippen LogP contribution < -0.4 is 19.5 Å². The highest BCUT2D eigenvalue weighted by Crippen LogP contribution is 2.31. The number of ether oxygens (including phenoxy) is 3. The van der Waals surface area contributed by atoms with Crippen LogP contribution in [0.1, 0.15) is 18.1 Å². The molecule has 166 valence electrons. The van der Waals surface area contributed by atoms with E-state index in [2.05, 4.69) is 5.32 Å². The van der Waals surface area contributed by atoms with Crippen LogP contribution in [0.5, 0.6) is 17.2 Å². The lowest BCUT2D eigenvalue weighted by atomic mass is 10.2. The van der Waals surface area contributed by atoms with Crippen molar-refractivity contribution in [1.82, 2.24) is 0 Å². The Hall–Kier alpha value is -3.15. The fourth-order valence-corrected chi connectivity index (χ4v) is 3.39. The second-order valence-corrected chi connectivity index (χ2v) is 7.49. The molecule has 0 fully saturated rings. The number of methoxy groups -OCH3 is 1. The first-order valence-corrected chi connectivity index (χ1v) is 10.7. The van der Waals surface area contributed by atoms with Crippen molar-refractivity contribution in [2.45, 2.75) is 13.5 Å². The van der Waals surface area contributed by atoms with Gasteiger partial charge in [0.1, 0.15) is 12.4 Å². The molecule has 0 radical (unpaired) electrons. The molecule has 5 nitrogen and oxygen atoms in total. The van der Waals surface area contributed by atoms with E-state index in [4.69, 9.17) is 37.4 Å². The summed E-state index contributed by atoms with van der Waals surface area (Å²) in [7, 11) is 1.55. The van der Waals surface area contributed by atoms with Gasteiger partial charge in [0.15, 0.2) is 11.5 Å². The topological polar surface area (TPSA) is 56.8 Å². The van der Waals surface area contributed by atoms with Gasteiger partial charge in [-0.1, -0.05) is 35.3 Å². The molecule has 0 heterocycles. The lowest BCUT2D eigenvalue weighted by Gasteiger charge is -2.13. The monoisotopic (exact) mass is 471 g/mol. The highest BCUT2D eigenvalue weighted by molar-refractivity contribution is 6.35. The highest BCUT2D eigenvalue weighted by atomic mass is 35.5. The zero-order valence-electron chi connectivity index (χ0n) is 17.7. The van der Waals surface area contributed by atoms with Gasteiger partial charge in [-0.15, -0.1) is 0 Å². The smallest absolute Gasteiger partial charge is 0.248 e. The number of rotatable bonds is 9. The second-order valence-electron chi connectivity index (χ2n) is 6.68. The molecule has 0 aliphatic carbocycles. The van der Waals surface area contributed by atoms with E-state index < -0.39 is 0 Å². The fraction of sp³-hybridized carbons (Fsp3) is 0.160. The van der Waals surface area contributed by atoms with Crippen molar-refractivity contribution in [1.29, 1.82) is 0 Å². The van der Waals surface area contributed by atoms with Crippen molar-refractivity contribution >= 4 is 40.9 Å². The van der Waals surface area contributed by atoms with Crippen LogP contribution in [0, 0.1) is 0 Å². The summed E-state index contributed by atoms with van der Waals surface area (Å²) in [6, 6.07) is 17.9. The maximum absolute atomic E-state index is 12.2. The number of nitrogens with one attached hydrogen (secondary N) is 1. The van der Waals surface area contributed by atoms with Crippen LogP contribution in [0.4, 0.5) is 5.69 Å². The number of hydrogen-bond donors (Lipinski definition) is 1. The highest BCUT2D eigenvalue weighted by Gasteiger charge is 2.10. The van der Waals surface area contributed by atoms with E-state index in [0.717, 1.165) is 11.3 Å². The van der Waals surface area contributed by atoms with Gasteiger partial charge in [0.25, 0.3) is 0 Å². The van der Waals surface area contributed by atoms with E-state index in [9.17, 15) is 4.79 Å². The SMILES string of the molecule is CCOc1ccc(NC(=O)/C=C/c2ccc(OCc3c(Cl)cccc3Cl)c(OC)c2)cc1. The molecule has 1 amide bonds. The molecule has 0 atom stereocenters. The number of hydrogen-bond acceptors (Lipinski definition) is 4. The number of benzene rings is 3. The van der Waals surface area contributed by atoms with Gasteiger partial charge in [-0.2, -0.15) is 0 Å². The quantitative estimate of drug-likeness (QED) is 0.355. The Kier molecular flexibility index (Phi) is 8.42. The van der Waals surface area contributed by atoms with Gasteiger partial charge in [-0.3, -0.25) is 4.79 Å². The number of carbonyl (C=O) groups excluding carboxylic acids is 1. The number of anilines is 1. The molecule has 3 rings (SSSR count). The molecule has 0 saturated carbocycles. The Labute approximate surface area is 197 Å². The summed E-state index contributed by atoms with van der Waals surface area (Å²) >= 11 is 12.4. The standard InChI is InChI=1S/C25H23Cl2NO4/c1-3-31-19-11-9-18(10-12-19)28-25(29)14-8-17-7-13-23(24(15-17)30-2)32-16-20-21(26)5-4-6-22(20)27/h4-15H,3,16H2,1-2H3,(H,28,29)/b14-8+. The minimum atomic E-state index is -0.248. The minimum Gasteiger partial charge on any atom is -0.494 e. The molecule has 1 N–H and O–H groups in total. The van der Waals surface area contributed by atoms with E-state index in [1.807, 2.05) is 25.1 Å². The van der Waals surface area contributed by atoms with E-state index in [0.29, 0.717) is 39.4 Å². The molecule has 32 heavy (non-hydrogen) atoms. The van der Waals surface area contributed by atoms with Gasteiger partial charge in [-0.25, -0.2) is 0 Å². The minimum absolute atomic E-state index is 0.203. The first-order valence-electron chi connectivity index (χ1n) is 9.95. The Morgan fingerprint density at radius 3 is 2.34 bits per heavy atom. The lowest BCUT2D eigenvalue weighted by molar-refractivity contribution is -0.111. The molecule has 7 heteroatoms. The van der Waals surface area contributed by atoms with Gasteiger partial charge >= 0.3 is 0 Å². The summed E-state index contributed by atoms with van der Waals surface area (Å²) in [5.74, 6) is 1.58. The molecule has 0 bridgehead atoms. The fourth-order valence-electron chi connectivity index (χ4n) is 2.88. The van der Waals surface area contributed by atoms with Gasteiger partial charge in [0, 0.05) is 27.4 Å². The zero-order valence-corrected chi connectivity index (χ0v) is 19.2. The number of amides is 1. The Balaban J connectivity index is 1.63. The third-order valence-electron chi connectivity index (χ3n) is 4.48. The molecular formula is C25H23Cl2NO4. The van der Waals surface area contributed by atoms with Crippen LogP contribution in [0.25, 0.3) is 6.08 Å². The summed E-state index contributed by atoms with van der Waals surface area (Å²) in [6.07, 6.45) is 3.15. The number of carbonyl (C=O) groups is 1. The van der Waals surface area contributed by atoms with E-state index in [1.54, 1.807) is 55.7 Å². The first kappa shape index (κ1) is 23.5. The molecular weight excluding hydrogens is 449 g/mol. The van der Waals surface area contributed by atoms with Crippen molar-refractivity contribution in [3.63, 3.8) is 0 Å². The van der Waals surface area contributed by atoms with Gasteiger partial charge < -0.3 is 19.5 Å². The van der Waals surface area contributed by atoms with E-state index in [-0.39, 0.29) is 12.5 Å². The van der Waals surface area contributed by atoms with Crippen molar-refractivity contribution in [3.8, 4) is 17.2 Å². The summed E-state index contributed by atoms with van der Waals surface area (Å²) < 4.78 is 16.7.